The van der Waals surface area contributed by atoms with Crippen LogP contribution >= 0.6 is 0 Å². The number of carboxylic acids is 2. The number of aryl methyl sites for hydroxylation is 6. The van der Waals surface area contributed by atoms with Gasteiger partial charge in [-0.2, -0.15) is 26.3 Å². The van der Waals surface area contributed by atoms with Gasteiger partial charge in [0.25, 0.3) is 0 Å². The number of fused-ring (bicyclic) bond motifs is 30. The number of alkyl halides is 6. The number of imidazole rings is 4. The van der Waals surface area contributed by atoms with E-state index in [4.69, 9.17) is 10.2 Å². The zero-order valence-electron chi connectivity index (χ0n) is 74.3. The summed E-state index contributed by atoms with van der Waals surface area (Å²) in [5, 5.41) is 42.8. The molecule has 0 saturated carbocycles. The molecule has 710 valence electrons. The van der Waals surface area contributed by atoms with Crippen molar-refractivity contribution in [1.29, 1.82) is 0 Å². The number of aromatic carboxylic acids is 2. The Hall–Kier alpha value is -15.6. The van der Waals surface area contributed by atoms with Crippen molar-refractivity contribution in [3.63, 3.8) is 0 Å². The molecular weight excluding hydrogens is 2520 g/mol. The fraction of sp³-hybridized carbons (Fsp3) is 0.0769. The number of carboxylic acid groups (broad SMARTS) is 2. The van der Waals surface area contributed by atoms with Crippen molar-refractivity contribution in [1.82, 2.24) is 107 Å². The van der Waals surface area contributed by atoms with Crippen LogP contribution in [0.2, 0.25) is 0 Å². The zero-order valence-corrected chi connectivity index (χ0v) is 83.9. The van der Waals surface area contributed by atoms with Crippen LogP contribution in [-0.2, 0) is 107 Å². The summed E-state index contributed by atoms with van der Waals surface area (Å²) in [5.74, 6) is -2.52. The average Bonchev–Trinajstić information content (AvgIpc) is 1.75. The van der Waals surface area contributed by atoms with E-state index in [9.17, 15) is 40.3 Å². The van der Waals surface area contributed by atoms with Gasteiger partial charge < -0.3 is 77.3 Å². The van der Waals surface area contributed by atoms with E-state index < -0.39 is 41.6 Å². The quantitative estimate of drug-likeness (QED) is 0.0715. The molecule has 0 atom stereocenters. The van der Waals surface area contributed by atoms with Gasteiger partial charge in [-0.15, -0.1) is 42.5 Å². The molecule has 141 heavy (non-hydrogen) atoms. The number of benzene rings is 6. The number of hydrogen-bond acceptors (Lipinski definition) is 16. The zero-order chi connectivity index (χ0) is 95.1. The number of carbonyl (C=O) groups is 2. The van der Waals surface area contributed by atoms with Crippen molar-refractivity contribution in [3.05, 3.63) is 374 Å². The summed E-state index contributed by atoms with van der Waals surface area (Å²) in [6.45, 7) is 7.95. The van der Waals surface area contributed by atoms with E-state index >= 15 is 0 Å². The third-order valence-electron chi connectivity index (χ3n) is 22.4. The minimum Gasteiger partial charge on any atom is -0.573 e. The Morgan fingerprint density at radius 3 is 0.936 bits per heavy atom. The Labute approximate surface area is 848 Å². The number of aromatic nitrogens is 22. The molecule has 26 aromatic rings. The van der Waals surface area contributed by atoms with Crippen molar-refractivity contribution in [2.24, 2.45) is 14.1 Å². The second-order valence-electron chi connectivity index (χ2n) is 31.3. The Kier molecular flexibility index (Phi) is 29.8. The molecule has 0 aliphatic rings. The summed E-state index contributed by atoms with van der Waals surface area (Å²) in [6.07, 6.45) is 10.7. The molecule has 0 aliphatic heterocycles. The maximum atomic E-state index is 13.4. The second-order valence-corrected chi connectivity index (χ2v) is 31.3. The number of hydrogen-bond donors (Lipinski definition) is 2. The molecule has 0 unspecified atom stereocenters. The van der Waals surface area contributed by atoms with Crippen LogP contribution in [0.4, 0.5) is 30.7 Å². The van der Waals surface area contributed by atoms with Gasteiger partial charge in [-0.05, 0) is 156 Å². The number of nitrogens with zero attached hydrogens (tertiary/aromatic N) is 22. The summed E-state index contributed by atoms with van der Waals surface area (Å²) in [7, 11) is 3.90. The molecule has 0 saturated heterocycles. The van der Waals surface area contributed by atoms with Crippen molar-refractivity contribution < 1.29 is 131 Å². The summed E-state index contributed by atoms with van der Waals surface area (Å²) < 4.78 is 99.0. The molecule has 26 nitrogen and oxygen atoms in total. The first kappa shape index (κ1) is 99.9. The van der Waals surface area contributed by atoms with Crippen molar-refractivity contribution >= 4 is 165 Å². The summed E-state index contributed by atoms with van der Waals surface area (Å²) in [4.78, 5) is 73.2. The smallest absolute Gasteiger partial charge is 0.431 e. The van der Waals surface area contributed by atoms with Gasteiger partial charge in [-0.25, -0.2) is 23.9 Å². The van der Waals surface area contributed by atoms with Crippen molar-refractivity contribution in [2.75, 3.05) is 0 Å². The molecule has 0 fully saturated rings. The third kappa shape index (κ3) is 20.1. The van der Waals surface area contributed by atoms with Crippen molar-refractivity contribution in [3.8, 4) is 22.8 Å². The average molecular weight is 2590 g/mol. The SMILES string of the molecule is Cc1cn2c3ccccc3c3nc(F)c[c-]c3c2n1.Cc1cn2c3ccccc3c3ncc[c-]c3c2n1.Cc1cn2c3ccccc3c3ncc[c-]c3c2n1.Cc1cn2c3ccccc3c3ncc[c-]c3c2n1.Cn1c2ccccc2c2cc(C(=O)O)ncc21.Cn1c2ccccc2c2cc(C(=O)O)ncc21.FC(F)(F)c1cc(-c2ccccn2)[n-]n1.FC(F)(F)c1cc(-c2ccccn2)[n-]n1.[Ir].[Ir].[Ir].[Ir]. The van der Waals surface area contributed by atoms with Crippen LogP contribution < -0.4 is 10.2 Å². The molecule has 20 heterocycles. The predicted molar refractivity (Wildman–Crippen MR) is 508 cm³/mol. The normalized spacial score (nSPS) is 11.2. The number of para-hydroxylation sites is 6. The second kappa shape index (κ2) is 42.0. The molecule has 2 N–H and O–H groups in total. The Balaban J connectivity index is 0.000000121. The van der Waals surface area contributed by atoms with E-state index in [2.05, 4.69) is 173 Å². The van der Waals surface area contributed by atoms with E-state index in [1.54, 1.807) is 79.5 Å². The van der Waals surface area contributed by atoms with Gasteiger partial charge in [0, 0.05) is 221 Å². The minimum absolute atomic E-state index is 0. The van der Waals surface area contributed by atoms with Gasteiger partial charge in [-0.1, -0.05) is 179 Å². The van der Waals surface area contributed by atoms with Gasteiger partial charge in [0.2, 0.25) is 0 Å². The van der Waals surface area contributed by atoms with E-state index in [1.165, 1.54) is 18.5 Å². The number of rotatable bonds is 4. The predicted octanol–water partition coefficient (Wildman–Crippen LogP) is 21.8. The van der Waals surface area contributed by atoms with Gasteiger partial charge in [-0.3, -0.25) is 29.9 Å². The largest absolute Gasteiger partial charge is 0.573 e. The first-order valence-corrected chi connectivity index (χ1v) is 42.2. The van der Waals surface area contributed by atoms with E-state index in [0.29, 0.717) is 16.9 Å². The molecular formula is C104H69F7Ir4N22O4-6. The van der Waals surface area contributed by atoms with Crippen molar-refractivity contribution in [2.45, 2.75) is 40.0 Å². The molecule has 20 aromatic heterocycles. The van der Waals surface area contributed by atoms with Crippen LogP contribution in [0, 0.1) is 57.9 Å². The summed E-state index contributed by atoms with van der Waals surface area (Å²) in [6, 6.07) is 82.7. The van der Waals surface area contributed by atoms with Gasteiger partial charge in [0.05, 0.1) is 46.0 Å². The minimum atomic E-state index is -4.46. The number of halogens is 7. The van der Waals surface area contributed by atoms with Crippen LogP contribution in [0.15, 0.2) is 299 Å². The monoisotopic (exact) mass is 2590 g/mol. The molecule has 37 heteroatoms. The maximum absolute atomic E-state index is 13.4. The van der Waals surface area contributed by atoms with E-state index in [0.717, 1.165) is 183 Å². The van der Waals surface area contributed by atoms with Crippen LogP contribution in [0.1, 0.15) is 55.1 Å². The standard InChI is InChI=1S/C15H9FN3.3C15H10N3.2C13H10N2O2.2C9H5F3N3.4Ir/c1-9-8-19-12-5-3-2-4-10(12)14-11(15(19)17-9)6-7-13(16)18-14;3*1-10-9-18-13-7-3-2-5-11(13)14-12(15(18)17-10)6-4-8-16-14;2*1-15-11-5-3-2-4-8(11)9-6-10(13(16)17)14-7-12(9)15;2*10-9(11,12)8-5-7(14-15-8)6-3-1-2-4-13-6;;;;/h2-5,7-8H,1H3;3*2-5,7-9H,1H3;2*2-7H,1H3,(H,16,17);2*1-5H;;;;/q4*-1;;;2*-1;;;;. The fourth-order valence-corrected chi connectivity index (χ4v) is 16.4. The molecule has 0 aliphatic carbocycles. The molecule has 6 aromatic carbocycles. The number of pyridine rings is 12. The maximum Gasteiger partial charge on any atom is 0.431 e. The van der Waals surface area contributed by atoms with E-state index in [1.807, 2.05) is 189 Å². The Morgan fingerprint density at radius 2 is 0.631 bits per heavy atom. The van der Waals surface area contributed by atoms with Crippen LogP contribution in [-0.4, -0.2) is 119 Å². The van der Waals surface area contributed by atoms with Gasteiger partial charge >= 0.3 is 24.3 Å². The first-order valence-electron chi connectivity index (χ1n) is 42.2. The third-order valence-corrected chi connectivity index (χ3v) is 22.4. The molecule has 0 spiro atoms. The molecule has 0 amide bonds. The van der Waals surface area contributed by atoms with Crippen LogP contribution in [0.5, 0.6) is 0 Å². The van der Waals surface area contributed by atoms with Crippen LogP contribution in [0.3, 0.4) is 0 Å². The Morgan fingerprint density at radius 1 is 0.333 bits per heavy atom. The van der Waals surface area contributed by atoms with Gasteiger partial charge in [0.1, 0.15) is 28.7 Å². The molecule has 26 rings (SSSR count). The first-order chi connectivity index (χ1) is 66.3. The molecule has 0 bridgehead atoms. The topological polar surface area (TPSA) is 311 Å². The summed E-state index contributed by atoms with van der Waals surface area (Å²) in [5.41, 5.74) is 18.5. The fourth-order valence-electron chi connectivity index (χ4n) is 16.4. The Bertz CT molecular complexity index is 8350. The van der Waals surface area contributed by atoms with Crippen LogP contribution in [0.25, 0.3) is 176 Å². The van der Waals surface area contributed by atoms with Gasteiger partial charge in [0.15, 0.2) is 0 Å². The summed E-state index contributed by atoms with van der Waals surface area (Å²) >= 11 is 0. The van der Waals surface area contributed by atoms with E-state index in [-0.39, 0.29) is 103 Å². The molecule has 4 radical (unpaired) electrons.